The molecule has 0 amide bonds. The van der Waals surface area contributed by atoms with E-state index in [0.717, 1.165) is 36.6 Å². The van der Waals surface area contributed by atoms with Crippen LogP contribution >= 0.6 is 0 Å². The third-order valence-electron chi connectivity index (χ3n) is 4.72. The smallest absolute Gasteiger partial charge is 0.167 e. The van der Waals surface area contributed by atoms with Crippen LogP contribution in [0.3, 0.4) is 0 Å². The quantitative estimate of drug-likeness (QED) is 0.411. The summed E-state index contributed by atoms with van der Waals surface area (Å²) in [6.45, 7) is 4.08. The minimum atomic E-state index is -0.771. The number of allylic oxidation sites excluding steroid dienone is 2. The fourth-order valence-electron chi connectivity index (χ4n) is 3.30. The van der Waals surface area contributed by atoms with Crippen LogP contribution in [0.1, 0.15) is 37.8 Å². The summed E-state index contributed by atoms with van der Waals surface area (Å²) in [6.07, 6.45) is 7.93. The van der Waals surface area contributed by atoms with Crippen LogP contribution in [0.25, 0.3) is 21.9 Å². The van der Waals surface area contributed by atoms with Crippen molar-refractivity contribution in [2.75, 3.05) is 0 Å². The molecule has 134 valence electrons. The van der Waals surface area contributed by atoms with Gasteiger partial charge in [-0.25, -0.2) is 8.78 Å². The summed E-state index contributed by atoms with van der Waals surface area (Å²) in [5.74, 6) is -1.53. The van der Waals surface area contributed by atoms with Gasteiger partial charge in [0, 0.05) is 10.9 Å². The van der Waals surface area contributed by atoms with Crippen molar-refractivity contribution in [3.8, 4) is 11.1 Å². The van der Waals surface area contributed by atoms with E-state index >= 15 is 0 Å². The van der Waals surface area contributed by atoms with Crippen molar-refractivity contribution in [3.05, 3.63) is 83.4 Å². The van der Waals surface area contributed by atoms with Crippen LogP contribution in [-0.2, 0) is 12.8 Å². The fraction of sp³-hybridized carbons (Fsp3) is 0.250. The zero-order valence-corrected chi connectivity index (χ0v) is 15.4. The summed E-state index contributed by atoms with van der Waals surface area (Å²) in [4.78, 5) is 0. The Morgan fingerprint density at radius 1 is 0.846 bits per heavy atom. The van der Waals surface area contributed by atoms with E-state index in [2.05, 4.69) is 13.0 Å². The predicted molar refractivity (Wildman–Crippen MR) is 106 cm³/mol. The first-order valence-electron chi connectivity index (χ1n) is 9.25. The van der Waals surface area contributed by atoms with Gasteiger partial charge in [-0.2, -0.15) is 0 Å². The second-order valence-electron chi connectivity index (χ2n) is 6.66. The van der Waals surface area contributed by atoms with Gasteiger partial charge >= 0.3 is 0 Å². The average Bonchev–Trinajstić information content (AvgIpc) is 2.66. The van der Waals surface area contributed by atoms with E-state index in [9.17, 15) is 8.78 Å². The summed E-state index contributed by atoms with van der Waals surface area (Å²) >= 11 is 0. The molecular formula is C24H24F2. The average molecular weight is 350 g/mol. The van der Waals surface area contributed by atoms with Crippen LogP contribution in [0.4, 0.5) is 8.78 Å². The Morgan fingerprint density at radius 3 is 2.27 bits per heavy atom. The van der Waals surface area contributed by atoms with Gasteiger partial charge in [0.25, 0.3) is 0 Å². The van der Waals surface area contributed by atoms with Gasteiger partial charge < -0.3 is 0 Å². The number of rotatable bonds is 6. The topological polar surface area (TPSA) is 0 Å². The molecule has 26 heavy (non-hydrogen) atoms. The molecule has 0 radical (unpaired) electrons. The van der Waals surface area contributed by atoms with Crippen molar-refractivity contribution in [2.45, 2.75) is 39.5 Å². The third kappa shape index (κ3) is 3.85. The van der Waals surface area contributed by atoms with E-state index in [-0.39, 0.29) is 0 Å². The van der Waals surface area contributed by atoms with Gasteiger partial charge in [-0.3, -0.25) is 0 Å². The normalized spacial score (nSPS) is 11.5. The van der Waals surface area contributed by atoms with E-state index in [1.54, 1.807) is 12.1 Å². The Labute approximate surface area is 154 Å². The number of hydrogen-bond donors (Lipinski definition) is 0. The maximum absolute atomic E-state index is 14.7. The molecule has 0 aliphatic rings. The molecule has 3 rings (SSSR count). The standard InChI is InChI=1S/C24H24F2/c1-3-5-6-8-17-9-12-19(13-10-17)22-16-20-14-11-18(7-4-2)15-21(20)23(25)24(22)26/h3,5,9-16H,4,6-8H2,1-2H3/b5-3+. The van der Waals surface area contributed by atoms with E-state index in [1.165, 1.54) is 5.56 Å². The molecule has 0 saturated carbocycles. The highest BCUT2D eigenvalue weighted by molar-refractivity contribution is 5.88. The lowest BCUT2D eigenvalue weighted by molar-refractivity contribution is 0.519. The first kappa shape index (κ1) is 18.3. The molecule has 0 aromatic heterocycles. The third-order valence-corrected chi connectivity index (χ3v) is 4.72. The number of hydrogen-bond acceptors (Lipinski definition) is 0. The molecule has 0 spiro atoms. The van der Waals surface area contributed by atoms with Crippen molar-refractivity contribution >= 4 is 10.8 Å². The van der Waals surface area contributed by atoms with Gasteiger partial charge in [-0.15, -0.1) is 0 Å². The molecule has 0 unspecified atom stereocenters. The van der Waals surface area contributed by atoms with Crippen LogP contribution in [0.2, 0.25) is 0 Å². The maximum atomic E-state index is 14.7. The largest absolute Gasteiger partial charge is 0.203 e. The molecular weight excluding hydrogens is 326 g/mol. The molecule has 0 aliphatic heterocycles. The molecule has 0 bridgehead atoms. The fourth-order valence-corrected chi connectivity index (χ4v) is 3.30. The van der Waals surface area contributed by atoms with Gasteiger partial charge in [0.1, 0.15) is 0 Å². The van der Waals surface area contributed by atoms with Crippen molar-refractivity contribution in [1.82, 2.24) is 0 Å². The second kappa shape index (κ2) is 8.27. The first-order chi connectivity index (χ1) is 12.6. The van der Waals surface area contributed by atoms with Gasteiger partial charge in [0.2, 0.25) is 0 Å². The number of fused-ring (bicyclic) bond motifs is 1. The van der Waals surface area contributed by atoms with E-state index in [1.807, 2.05) is 49.4 Å². The number of halogens is 2. The summed E-state index contributed by atoms with van der Waals surface area (Å²) in [6, 6.07) is 15.1. The van der Waals surface area contributed by atoms with Crippen LogP contribution < -0.4 is 0 Å². The lowest BCUT2D eigenvalue weighted by Gasteiger charge is -2.10. The Bertz CT molecular complexity index is 921. The van der Waals surface area contributed by atoms with Gasteiger partial charge in [-0.05, 0) is 60.4 Å². The van der Waals surface area contributed by atoms with E-state index in [4.69, 9.17) is 0 Å². The zero-order valence-electron chi connectivity index (χ0n) is 15.4. The van der Waals surface area contributed by atoms with Crippen LogP contribution in [0.5, 0.6) is 0 Å². The Morgan fingerprint density at radius 2 is 1.58 bits per heavy atom. The maximum Gasteiger partial charge on any atom is 0.167 e. The first-order valence-corrected chi connectivity index (χ1v) is 9.25. The minimum Gasteiger partial charge on any atom is -0.203 e. The summed E-state index contributed by atoms with van der Waals surface area (Å²) in [5.41, 5.74) is 3.25. The lowest BCUT2D eigenvalue weighted by atomic mass is 9.96. The Kier molecular flexibility index (Phi) is 5.82. The molecule has 0 aliphatic carbocycles. The highest BCUT2D eigenvalue weighted by Crippen LogP contribution is 2.31. The summed E-state index contributed by atoms with van der Waals surface area (Å²) in [7, 11) is 0. The van der Waals surface area contributed by atoms with Crippen molar-refractivity contribution in [1.29, 1.82) is 0 Å². The number of aryl methyl sites for hydroxylation is 2. The molecule has 0 N–H and O–H groups in total. The minimum absolute atomic E-state index is 0.318. The van der Waals surface area contributed by atoms with Gasteiger partial charge in [-0.1, -0.05) is 61.9 Å². The lowest BCUT2D eigenvalue weighted by Crippen LogP contribution is -1.94. The molecule has 0 fully saturated rings. The van der Waals surface area contributed by atoms with Crippen molar-refractivity contribution in [3.63, 3.8) is 0 Å². The second-order valence-corrected chi connectivity index (χ2v) is 6.66. The van der Waals surface area contributed by atoms with Gasteiger partial charge in [0.05, 0.1) is 0 Å². The highest BCUT2D eigenvalue weighted by atomic mass is 19.2. The molecule has 0 saturated heterocycles. The Hall–Kier alpha value is -2.48. The Balaban J connectivity index is 1.97. The highest BCUT2D eigenvalue weighted by Gasteiger charge is 2.15. The number of benzene rings is 3. The van der Waals surface area contributed by atoms with Crippen molar-refractivity contribution in [2.24, 2.45) is 0 Å². The summed E-state index contributed by atoms with van der Waals surface area (Å²) < 4.78 is 29.4. The van der Waals surface area contributed by atoms with Gasteiger partial charge in [0.15, 0.2) is 11.6 Å². The molecule has 0 atom stereocenters. The molecule has 0 nitrogen and oxygen atoms in total. The molecule has 2 heteroatoms. The molecule has 0 heterocycles. The SMILES string of the molecule is C/C=C/CCc1ccc(-c2cc3ccc(CCC)cc3c(F)c2F)cc1. The van der Waals surface area contributed by atoms with Crippen LogP contribution in [0, 0.1) is 11.6 Å². The van der Waals surface area contributed by atoms with E-state index < -0.39 is 11.6 Å². The van der Waals surface area contributed by atoms with Crippen molar-refractivity contribution < 1.29 is 8.78 Å². The zero-order chi connectivity index (χ0) is 18.5. The van der Waals surface area contributed by atoms with Crippen LogP contribution in [0.15, 0.2) is 60.7 Å². The summed E-state index contributed by atoms with van der Waals surface area (Å²) in [5, 5.41) is 1.09. The van der Waals surface area contributed by atoms with Crippen LogP contribution in [-0.4, -0.2) is 0 Å². The monoisotopic (exact) mass is 350 g/mol. The molecule has 3 aromatic rings. The predicted octanol–water partition coefficient (Wildman–Crippen LogP) is 7.25. The molecule has 3 aromatic carbocycles. The van der Waals surface area contributed by atoms with E-state index in [0.29, 0.717) is 16.5 Å².